The van der Waals surface area contributed by atoms with Gasteiger partial charge in [-0.1, -0.05) is 36.3 Å². The van der Waals surface area contributed by atoms with Crippen LogP contribution >= 0.6 is 0 Å². The second-order valence-corrected chi connectivity index (χ2v) is 10.1. The van der Waals surface area contributed by atoms with Crippen LogP contribution in [0.2, 0.25) is 0 Å². The highest BCUT2D eigenvalue weighted by Gasteiger charge is 2.31. The highest BCUT2D eigenvalue weighted by atomic mass is 32.2. The van der Waals surface area contributed by atoms with Crippen molar-refractivity contribution < 1.29 is 30.5 Å². The summed E-state index contributed by atoms with van der Waals surface area (Å²) in [4.78, 5) is 5.29. The summed E-state index contributed by atoms with van der Waals surface area (Å²) >= 11 is 0. The molecule has 4 aromatic rings. The summed E-state index contributed by atoms with van der Waals surface area (Å²) in [6.45, 7) is 3.93. The van der Waals surface area contributed by atoms with E-state index in [0.717, 1.165) is 0 Å². The van der Waals surface area contributed by atoms with Gasteiger partial charge in [-0.05, 0) is 49.7 Å². The summed E-state index contributed by atoms with van der Waals surface area (Å²) in [5.74, 6) is 0.291. The smallest absolute Gasteiger partial charge is 0.401 e. The zero-order valence-corrected chi connectivity index (χ0v) is 21.2. The number of aromatic nitrogens is 2. The molecular weight excluding hydrogens is 509 g/mol. The van der Waals surface area contributed by atoms with E-state index in [9.17, 15) is 21.6 Å². The molecule has 0 aliphatic carbocycles. The largest absolute Gasteiger partial charge is 0.445 e. The number of sulfonamides is 1. The van der Waals surface area contributed by atoms with E-state index in [4.69, 9.17) is 8.94 Å². The average molecular weight is 535 g/mol. The number of hydrogen-bond donors (Lipinski definition) is 1. The molecule has 2 aromatic carbocycles. The van der Waals surface area contributed by atoms with Crippen molar-refractivity contribution in [3.8, 4) is 22.6 Å². The molecule has 2 aromatic heterocycles. The lowest BCUT2D eigenvalue weighted by atomic mass is 9.96. The lowest BCUT2D eigenvalue weighted by molar-refractivity contribution is -0.146. The summed E-state index contributed by atoms with van der Waals surface area (Å²) < 4.78 is 79.4. The van der Waals surface area contributed by atoms with E-state index in [0.29, 0.717) is 39.4 Å². The van der Waals surface area contributed by atoms with E-state index in [1.807, 2.05) is 0 Å². The summed E-state index contributed by atoms with van der Waals surface area (Å²) in [6.07, 6.45) is -1.54. The quantitative estimate of drug-likeness (QED) is 0.290. The number of nitrogens with one attached hydrogen (secondary N) is 1. The van der Waals surface area contributed by atoms with Gasteiger partial charge in [0.2, 0.25) is 11.8 Å². The van der Waals surface area contributed by atoms with E-state index >= 15 is 0 Å². The molecule has 8 nitrogen and oxygen atoms in total. The maximum Gasteiger partial charge on any atom is 0.401 e. The van der Waals surface area contributed by atoms with E-state index in [-0.39, 0.29) is 23.9 Å². The van der Waals surface area contributed by atoms with Crippen LogP contribution in [0.1, 0.15) is 23.7 Å². The van der Waals surface area contributed by atoms with Crippen LogP contribution in [0.3, 0.4) is 0 Å². The molecule has 0 radical (unpaired) electrons. The Labute approximate surface area is 212 Å². The molecule has 0 fully saturated rings. The predicted octanol–water partition coefficient (Wildman–Crippen LogP) is 5.80. The molecule has 1 N–H and O–H groups in total. The first-order valence-corrected chi connectivity index (χ1v) is 12.8. The molecule has 0 atom stereocenters. The average Bonchev–Trinajstić information content (AvgIpc) is 3.49. The van der Waals surface area contributed by atoms with Gasteiger partial charge < -0.3 is 8.94 Å². The zero-order chi connectivity index (χ0) is 26.8. The van der Waals surface area contributed by atoms with E-state index in [1.54, 1.807) is 57.2 Å². The van der Waals surface area contributed by atoms with Gasteiger partial charge in [0.05, 0.1) is 23.3 Å². The van der Waals surface area contributed by atoms with Crippen molar-refractivity contribution in [2.75, 3.05) is 17.8 Å². The van der Waals surface area contributed by atoms with Gasteiger partial charge in [0.15, 0.2) is 0 Å². The minimum atomic E-state index is -4.39. The van der Waals surface area contributed by atoms with E-state index in [2.05, 4.69) is 14.9 Å². The molecule has 0 aliphatic heterocycles. The van der Waals surface area contributed by atoms with Crippen LogP contribution in [0.5, 0.6) is 0 Å². The highest BCUT2D eigenvalue weighted by Crippen LogP contribution is 2.35. The van der Waals surface area contributed by atoms with Gasteiger partial charge in [-0.25, -0.2) is 18.1 Å². The molecule has 37 heavy (non-hydrogen) atoms. The number of rotatable bonds is 9. The molecule has 0 aliphatic rings. The topological polar surface area (TPSA) is 101 Å². The Bertz CT molecular complexity index is 1480. The maximum absolute atomic E-state index is 13.4. The number of halogens is 3. The third-order valence-electron chi connectivity index (χ3n) is 5.88. The fourth-order valence-corrected chi connectivity index (χ4v) is 5.14. The maximum atomic E-state index is 13.4. The molecular formula is C25H25F3N4O4S. The van der Waals surface area contributed by atoms with E-state index < -0.39 is 22.7 Å². The second-order valence-electron chi connectivity index (χ2n) is 8.45. The van der Waals surface area contributed by atoms with Crippen LogP contribution in [0, 0.1) is 13.8 Å². The van der Waals surface area contributed by atoms with Crippen LogP contribution in [-0.2, 0) is 16.6 Å². The monoisotopic (exact) mass is 534 g/mol. The standard InChI is InChI=1S/C25H25F3N4O4S/c1-4-32(15-25(26,27)28)14-19-13-18(24-29-11-12-35-24)9-10-20(19)21-7-5-6-8-22(21)37(33,34)31-23-16(2)17(3)30-36-23/h5-13,31H,4,14-15H2,1-3H3. The lowest BCUT2D eigenvalue weighted by Gasteiger charge is -2.24. The van der Waals surface area contributed by atoms with Gasteiger partial charge in [-0.2, -0.15) is 13.2 Å². The molecule has 196 valence electrons. The summed E-state index contributed by atoms with van der Waals surface area (Å²) in [5, 5.41) is 3.78. The third-order valence-corrected chi connectivity index (χ3v) is 7.27. The number of aryl methyl sites for hydroxylation is 1. The Morgan fingerprint density at radius 2 is 1.84 bits per heavy atom. The van der Waals surface area contributed by atoms with Crippen LogP contribution in [0.4, 0.5) is 19.1 Å². The van der Waals surface area contributed by atoms with Crippen LogP contribution in [-0.4, -0.2) is 42.7 Å². The first-order valence-electron chi connectivity index (χ1n) is 11.4. The van der Waals surface area contributed by atoms with Crippen molar-refractivity contribution in [3.05, 3.63) is 71.7 Å². The first kappa shape index (κ1) is 26.4. The van der Waals surface area contributed by atoms with Crippen LogP contribution in [0.25, 0.3) is 22.6 Å². The van der Waals surface area contributed by atoms with Crippen molar-refractivity contribution in [3.63, 3.8) is 0 Å². The van der Waals surface area contributed by atoms with Gasteiger partial charge >= 0.3 is 6.18 Å². The Balaban J connectivity index is 1.81. The number of anilines is 1. The molecule has 0 bridgehead atoms. The Morgan fingerprint density at radius 3 is 2.46 bits per heavy atom. The minimum absolute atomic E-state index is 0.00546. The predicted molar refractivity (Wildman–Crippen MR) is 131 cm³/mol. The molecule has 0 spiro atoms. The summed E-state index contributed by atoms with van der Waals surface area (Å²) in [5.41, 5.74) is 2.90. The SMILES string of the molecule is CCN(Cc1cc(-c2ncco2)ccc1-c1ccccc1S(=O)(=O)Nc1onc(C)c1C)CC(F)(F)F. The number of benzene rings is 2. The molecule has 0 unspecified atom stereocenters. The van der Waals surface area contributed by atoms with Crippen molar-refractivity contribution >= 4 is 15.9 Å². The van der Waals surface area contributed by atoms with Gasteiger partial charge in [0, 0.05) is 23.2 Å². The summed E-state index contributed by atoms with van der Waals surface area (Å²) in [7, 11) is -4.14. The second kappa shape index (κ2) is 10.4. The van der Waals surface area contributed by atoms with Crippen LogP contribution < -0.4 is 4.72 Å². The molecule has 0 saturated carbocycles. The van der Waals surface area contributed by atoms with Gasteiger partial charge in [0.25, 0.3) is 10.0 Å². The van der Waals surface area contributed by atoms with Gasteiger partial charge in [-0.15, -0.1) is 0 Å². The van der Waals surface area contributed by atoms with Gasteiger partial charge in [-0.3, -0.25) is 4.90 Å². The van der Waals surface area contributed by atoms with Crippen molar-refractivity contribution in [1.82, 2.24) is 15.0 Å². The van der Waals surface area contributed by atoms with Crippen LogP contribution in [0.15, 0.2) is 68.8 Å². The number of nitrogens with zero attached hydrogens (tertiary/aromatic N) is 3. The Morgan fingerprint density at radius 1 is 1.08 bits per heavy atom. The molecule has 0 saturated heterocycles. The first-order chi connectivity index (χ1) is 17.5. The highest BCUT2D eigenvalue weighted by molar-refractivity contribution is 7.92. The lowest BCUT2D eigenvalue weighted by Crippen LogP contribution is -2.33. The summed E-state index contributed by atoms with van der Waals surface area (Å²) in [6, 6.07) is 11.3. The fraction of sp³-hybridized carbons (Fsp3) is 0.280. The van der Waals surface area contributed by atoms with Gasteiger partial charge in [0.1, 0.15) is 6.26 Å². The Hall–Kier alpha value is -3.64. The minimum Gasteiger partial charge on any atom is -0.445 e. The molecule has 0 amide bonds. The normalized spacial score (nSPS) is 12.3. The Kier molecular flexibility index (Phi) is 7.42. The molecule has 4 rings (SSSR count). The van der Waals surface area contributed by atoms with E-state index in [1.165, 1.54) is 23.4 Å². The number of hydrogen-bond acceptors (Lipinski definition) is 7. The van der Waals surface area contributed by atoms with Crippen molar-refractivity contribution in [2.24, 2.45) is 0 Å². The third kappa shape index (κ3) is 6.03. The zero-order valence-electron chi connectivity index (χ0n) is 20.3. The molecule has 2 heterocycles. The number of alkyl halides is 3. The van der Waals surface area contributed by atoms with Crippen molar-refractivity contribution in [2.45, 2.75) is 38.4 Å². The van der Waals surface area contributed by atoms with Crippen molar-refractivity contribution in [1.29, 1.82) is 0 Å². The molecule has 12 heteroatoms. The fourth-order valence-electron chi connectivity index (χ4n) is 3.87. The number of oxazole rings is 1.